The Balaban J connectivity index is 2.63. The molecule has 0 aliphatic carbocycles. The highest BCUT2D eigenvalue weighted by Crippen LogP contribution is 2.22. The molecule has 120 valence electrons. The summed E-state index contributed by atoms with van der Waals surface area (Å²) in [5, 5.41) is 0. The van der Waals surface area contributed by atoms with Gasteiger partial charge in [-0.1, -0.05) is 26.0 Å². The summed E-state index contributed by atoms with van der Waals surface area (Å²) < 4.78 is 59.4. The van der Waals surface area contributed by atoms with Crippen LogP contribution in [0.5, 0.6) is 5.75 Å². The van der Waals surface area contributed by atoms with E-state index in [1.165, 1.54) is 0 Å². The molecule has 0 saturated carbocycles. The third-order valence-corrected chi connectivity index (χ3v) is 5.10. The molecule has 0 amide bonds. The predicted molar refractivity (Wildman–Crippen MR) is 78.7 cm³/mol. The van der Waals surface area contributed by atoms with Crippen LogP contribution in [0, 0.1) is 0 Å². The lowest BCUT2D eigenvalue weighted by molar-refractivity contribution is 0.461. The maximum absolute atomic E-state index is 11.6. The molecule has 0 heterocycles. The highest BCUT2D eigenvalue weighted by Gasteiger charge is 2.14. The molecule has 0 radical (unpaired) electrons. The van der Waals surface area contributed by atoms with E-state index in [0.29, 0.717) is 5.92 Å². The van der Waals surface area contributed by atoms with Gasteiger partial charge in [0.1, 0.15) is 5.75 Å². The average molecular weight is 335 g/mol. The first kappa shape index (κ1) is 17.9. The van der Waals surface area contributed by atoms with Crippen molar-refractivity contribution in [1.82, 2.24) is 0 Å². The summed E-state index contributed by atoms with van der Waals surface area (Å²) in [5.41, 5.74) is 1.08. The molecule has 0 fully saturated rings. The number of hydrogen-bond donors (Lipinski definition) is 0. The molecule has 8 heteroatoms. The molecule has 0 saturated heterocycles. The van der Waals surface area contributed by atoms with Crippen LogP contribution in [-0.4, -0.2) is 32.9 Å². The van der Waals surface area contributed by atoms with Gasteiger partial charge in [-0.2, -0.15) is 8.42 Å². The quantitative estimate of drug-likeness (QED) is 0.531. The van der Waals surface area contributed by atoms with E-state index in [1.54, 1.807) is 24.3 Å². The first-order valence-electron chi connectivity index (χ1n) is 6.58. The predicted octanol–water partition coefficient (Wildman–Crippen LogP) is 1.84. The van der Waals surface area contributed by atoms with Crippen LogP contribution in [0.3, 0.4) is 0 Å². The molecule has 0 spiro atoms. The second-order valence-corrected chi connectivity index (χ2v) is 8.05. The van der Waals surface area contributed by atoms with Crippen LogP contribution in [0.1, 0.15) is 38.2 Å². The van der Waals surface area contributed by atoms with Crippen molar-refractivity contribution in [2.75, 3.05) is 11.5 Å². The Morgan fingerprint density at radius 3 is 2.14 bits per heavy atom. The van der Waals surface area contributed by atoms with Gasteiger partial charge in [0.25, 0.3) is 0 Å². The Kier molecular flexibility index (Phi) is 6.18. The molecule has 1 atom stereocenters. The molecule has 1 aromatic carbocycles. The maximum Gasteiger partial charge on any atom is 0.309 e. The number of hydrogen-bond acceptors (Lipinski definition) is 6. The van der Waals surface area contributed by atoms with Gasteiger partial charge in [0.05, 0.1) is 15.9 Å². The Hall–Kier alpha value is -1.12. The third-order valence-electron chi connectivity index (χ3n) is 3.07. The van der Waals surface area contributed by atoms with Gasteiger partial charge in [-0.25, -0.2) is 8.42 Å². The third kappa shape index (κ3) is 6.92. The molecule has 1 aromatic rings. The van der Waals surface area contributed by atoms with Crippen LogP contribution >= 0.6 is 0 Å². The normalized spacial score (nSPS) is 13.9. The molecule has 0 aromatic heterocycles. The Morgan fingerprint density at radius 1 is 1.10 bits per heavy atom. The number of benzene rings is 1. The minimum atomic E-state index is -4.41. The van der Waals surface area contributed by atoms with Crippen molar-refractivity contribution in [3.8, 4) is 5.75 Å². The van der Waals surface area contributed by atoms with Crippen molar-refractivity contribution in [2.24, 2.45) is 0 Å². The fourth-order valence-electron chi connectivity index (χ4n) is 1.69. The molecular weight excluding hydrogens is 316 g/mol. The van der Waals surface area contributed by atoms with Crippen LogP contribution in [0.2, 0.25) is 0 Å². The topological polar surface area (TPSA) is 101 Å². The van der Waals surface area contributed by atoms with Gasteiger partial charge < -0.3 is 8.74 Å². The minimum absolute atomic E-state index is 0.173. The zero-order valence-corrected chi connectivity index (χ0v) is 13.6. The average Bonchev–Trinajstić information content (AvgIpc) is 2.36. The second-order valence-electron chi connectivity index (χ2n) is 4.84. The van der Waals surface area contributed by atoms with Gasteiger partial charge in [0.15, 0.2) is 0 Å². The highest BCUT2D eigenvalue weighted by atomic mass is 32.2. The van der Waals surface area contributed by atoms with Crippen molar-refractivity contribution >= 4 is 20.2 Å². The van der Waals surface area contributed by atoms with Crippen LogP contribution in [0.15, 0.2) is 24.3 Å². The standard InChI is InChI=1S/C13H20O6S2/c1-3-11(2)12-5-7-13(8-6-12)19-21(17,18)10-4-9-20(14,15)16/h5-8,11H,3-4,9-10H2,1-2H3,(H,14,15,16)/p-1. The second kappa shape index (κ2) is 7.24. The first-order valence-corrected chi connectivity index (χ1v) is 9.74. The van der Waals surface area contributed by atoms with Crippen molar-refractivity contribution in [3.63, 3.8) is 0 Å². The minimum Gasteiger partial charge on any atom is -0.748 e. The maximum atomic E-state index is 11.6. The number of rotatable bonds is 8. The van der Waals surface area contributed by atoms with Crippen LogP contribution in [-0.2, 0) is 20.2 Å². The van der Waals surface area contributed by atoms with Crippen molar-refractivity contribution < 1.29 is 25.6 Å². The van der Waals surface area contributed by atoms with E-state index in [-0.39, 0.29) is 12.2 Å². The molecule has 0 N–H and O–H groups in total. The molecule has 0 aliphatic rings. The van der Waals surface area contributed by atoms with Gasteiger partial charge >= 0.3 is 10.1 Å². The lowest BCUT2D eigenvalue weighted by Crippen LogP contribution is -2.17. The highest BCUT2D eigenvalue weighted by molar-refractivity contribution is 7.87. The van der Waals surface area contributed by atoms with E-state index in [0.717, 1.165) is 12.0 Å². The molecule has 21 heavy (non-hydrogen) atoms. The van der Waals surface area contributed by atoms with E-state index in [9.17, 15) is 21.4 Å². The zero-order valence-electron chi connectivity index (χ0n) is 12.0. The van der Waals surface area contributed by atoms with E-state index in [1.807, 2.05) is 0 Å². The summed E-state index contributed by atoms with van der Waals surface area (Å²) in [5.74, 6) is -0.686. The lowest BCUT2D eigenvalue weighted by atomic mass is 9.99. The van der Waals surface area contributed by atoms with Crippen LogP contribution < -0.4 is 4.18 Å². The Morgan fingerprint density at radius 2 is 1.67 bits per heavy atom. The summed E-state index contributed by atoms with van der Waals surface area (Å²) in [6.07, 6.45) is 0.696. The summed E-state index contributed by atoms with van der Waals surface area (Å²) in [4.78, 5) is 0. The largest absolute Gasteiger partial charge is 0.748 e. The van der Waals surface area contributed by atoms with Crippen molar-refractivity contribution in [2.45, 2.75) is 32.6 Å². The van der Waals surface area contributed by atoms with E-state index >= 15 is 0 Å². The van der Waals surface area contributed by atoms with E-state index in [2.05, 4.69) is 13.8 Å². The molecule has 1 unspecified atom stereocenters. The fraction of sp³-hybridized carbons (Fsp3) is 0.538. The summed E-state index contributed by atoms with van der Waals surface area (Å²) >= 11 is 0. The van der Waals surface area contributed by atoms with Crippen LogP contribution in [0.4, 0.5) is 0 Å². The van der Waals surface area contributed by atoms with E-state index < -0.39 is 31.7 Å². The molecule has 0 bridgehead atoms. The molecule has 0 aliphatic heterocycles. The monoisotopic (exact) mass is 335 g/mol. The van der Waals surface area contributed by atoms with Gasteiger partial charge in [-0.05, 0) is 36.5 Å². The summed E-state index contributed by atoms with van der Waals surface area (Å²) in [7, 11) is -8.31. The Labute approximate surface area is 126 Å². The van der Waals surface area contributed by atoms with Crippen LogP contribution in [0.25, 0.3) is 0 Å². The first-order chi connectivity index (χ1) is 9.63. The van der Waals surface area contributed by atoms with Gasteiger partial charge in [0.2, 0.25) is 0 Å². The molecule has 1 rings (SSSR count). The molecule has 6 nitrogen and oxygen atoms in total. The van der Waals surface area contributed by atoms with Crippen molar-refractivity contribution in [1.29, 1.82) is 0 Å². The van der Waals surface area contributed by atoms with Crippen molar-refractivity contribution in [3.05, 3.63) is 29.8 Å². The lowest BCUT2D eigenvalue weighted by Gasteiger charge is -2.11. The SMILES string of the molecule is CCC(C)c1ccc(OS(=O)(=O)CCCS(=O)(=O)[O-])cc1. The summed E-state index contributed by atoms with van der Waals surface area (Å²) in [6, 6.07) is 6.70. The zero-order chi connectivity index (χ0) is 16.1. The van der Waals surface area contributed by atoms with Gasteiger partial charge in [0, 0.05) is 5.75 Å². The smallest absolute Gasteiger partial charge is 0.309 e. The summed E-state index contributed by atoms with van der Waals surface area (Å²) in [6.45, 7) is 4.12. The van der Waals surface area contributed by atoms with E-state index in [4.69, 9.17) is 4.18 Å². The fourth-order valence-corrected chi connectivity index (χ4v) is 3.35. The molecular formula is C13H19O6S2-. The Bertz CT molecular complexity index is 646. The van der Waals surface area contributed by atoms with Gasteiger partial charge in [-0.15, -0.1) is 0 Å². The van der Waals surface area contributed by atoms with Gasteiger partial charge in [-0.3, -0.25) is 0 Å².